The summed E-state index contributed by atoms with van der Waals surface area (Å²) >= 11 is 4.78. The van der Waals surface area contributed by atoms with Gasteiger partial charge in [-0.3, -0.25) is 10.1 Å². The Morgan fingerprint density at radius 1 is 1.47 bits per heavy atom. The predicted octanol–water partition coefficient (Wildman–Crippen LogP) is 2.00. The molecule has 0 amide bonds. The third kappa shape index (κ3) is 2.29. The number of nitrogens with zero attached hydrogens (tertiary/aromatic N) is 3. The Bertz CT molecular complexity index is 463. The van der Waals surface area contributed by atoms with Gasteiger partial charge >= 0.3 is 0 Å². The van der Waals surface area contributed by atoms with Gasteiger partial charge < -0.3 is 5.73 Å². The smallest absolute Gasteiger partial charge is 0.213 e. The van der Waals surface area contributed by atoms with E-state index >= 15 is 0 Å². The van der Waals surface area contributed by atoms with Gasteiger partial charge in [-0.25, -0.2) is 4.98 Å². The summed E-state index contributed by atoms with van der Waals surface area (Å²) in [4.78, 5) is 9.02. The van der Waals surface area contributed by atoms with Gasteiger partial charge in [0.15, 0.2) is 0 Å². The van der Waals surface area contributed by atoms with E-state index in [-0.39, 0.29) is 0 Å². The van der Waals surface area contributed by atoms with Crippen LogP contribution in [0.15, 0.2) is 26.9 Å². The van der Waals surface area contributed by atoms with Gasteiger partial charge in [0.25, 0.3) is 0 Å². The first-order valence-electron chi connectivity index (χ1n) is 4.12. The van der Waals surface area contributed by atoms with E-state index in [1.165, 1.54) is 11.8 Å². The number of aromatic amines is 1. The Balaban J connectivity index is 2.31. The molecular weight excluding hydrogens is 278 g/mol. The first-order valence-corrected chi connectivity index (χ1v) is 5.73. The summed E-state index contributed by atoms with van der Waals surface area (Å²) in [6, 6.07) is 0. The Morgan fingerprint density at radius 2 is 2.27 bits per heavy atom. The van der Waals surface area contributed by atoms with E-state index in [0.717, 1.165) is 15.2 Å². The van der Waals surface area contributed by atoms with Crippen molar-refractivity contribution in [3.8, 4) is 0 Å². The van der Waals surface area contributed by atoms with E-state index in [4.69, 9.17) is 5.73 Å². The van der Waals surface area contributed by atoms with E-state index in [1.54, 1.807) is 12.4 Å². The molecule has 0 atom stereocenters. The molecule has 0 radical (unpaired) electrons. The number of hydrogen-bond donors (Lipinski definition) is 2. The second-order valence-corrected chi connectivity index (χ2v) is 4.68. The highest BCUT2D eigenvalue weighted by Gasteiger charge is 2.09. The minimum Gasteiger partial charge on any atom is -0.397 e. The maximum atomic E-state index is 5.80. The third-order valence-corrected chi connectivity index (χ3v) is 3.54. The molecule has 0 aliphatic rings. The number of aromatic nitrogens is 4. The number of aryl methyl sites for hydroxylation is 1. The van der Waals surface area contributed by atoms with E-state index in [2.05, 4.69) is 36.1 Å². The number of pyridine rings is 1. The molecule has 2 heterocycles. The number of nitrogens with two attached hydrogens (primary N) is 1. The van der Waals surface area contributed by atoms with E-state index < -0.39 is 0 Å². The standard InChI is InChI=1S/C8H8BrN5S/c1-4-12-8(14-13-4)15-7-5(9)2-11-3-6(7)10/h2-3H,10H2,1H3,(H,12,13,14). The zero-order valence-corrected chi connectivity index (χ0v) is 10.3. The molecule has 0 aliphatic carbocycles. The average molecular weight is 286 g/mol. The lowest BCUT2D eigenvalue weighted by Gasteiger charge is -2.03. The van der Waals surface area contributed by atoms with Gasteiger partial charge in [0, 0.05) is 6.20 Å². The van der Waals surface area contributed by atoms with Crippen molar-refractivity contribution in [2.24, 2.45) is 0 Å². The van der Waals surface area contributed by atoms with Crippen LogP contribution < -0.4 is 5.73 Å². The molecule has 0 aliphatic heterocycles. The minimum atomic E-state index is 0.608. The van der Waals surface area contributed by atoms with E-state index in [1.807, 2.05) is 6.92 Å². The molecule has 7 heteroatoms. The lowest BCUT2D eigenvalue weighted by molar-refractivity contribution is 0.969. The number of halogens is 1. The second kappa shape index (κ2) is 4.19. The highest BCUT2D eigenvalue weighted by atomic mass is 79.9. The summed E-state index contributed by atoms with van der Waals surface area (Å²) in [6.07, 6.45) is 3.30. The predicted molar refractivity (Wildman–Crippen MR) is 61.6 cm³/mol. The Morgan fingerprint density at radius 3 is 2.87 bits per heavy atom. The monoisotopic (exact) mass is 285 g/mol. The van der Waals surface area contributed by atoms with Crippen LogP contribution in [0.1, 0.15) is 5.82 Å². The van der Waals surface area contributed by atoms with Crippen LogP contribution >= 0.6 is 27.7 Å². The van der Waals surface area contributed by atoms with E-state index in [9.17, 15) is 0 Å². The van der Waals surface area contributed by atoms with Crippen molar-refractivity contribution in [3.63, 3.8) is 0 Å². The molecule has 0 aromatic carbocycles. The Kier molecular flexibility index (Phi) is 2.92. The molecule has 0 fully saturated rings. The molecule has 2 rings (SSSR count). The van der Waals surface area contributed by atoms with Crippen LogP contribution in [0, 0.1) is 6.92 Å². The summed E-state index contributed by atoms with van der Waals surface area (Å²) in [5.41, 5.74) is 6.41. The quantitative estimate of drug-likeness (QED) is 0.882. The lowest BCUT2D eigenvalue weighted by Crippen LogP contribution is -1.91. The third-order valence-electron chi connectivity index (χ3n) is 1.65. The average Bonchev–Trinajstić information content (AvgIpc) is 2.58. The fourth-order valence-corrected chi connectivity index (χ4v) is 2.37. The largest absolute Gasteiger partial charge is 0.397 e. The normalized spacial score (nSPS) is 10.5. The molecule has 78 valence electrons. The van der Waals surface area contributed by atoms with Crippen LogP contribution in [0.5, 0.6) is 0 Å². The fourth-order valence-electron chi connectivity index (χ4n) is 1.00. The molecule has 0 saturated carbocycles. The number of nitrogen functional groups attached to an aromatic ring is 1. The summed E-state index contributed by atoms with van der Waals surface area (Å²) in [5.74, 6) is 0.779. The first-order chi connectivity index (χ1) is 7.16. The van der Waals surface area contributed by atoms with Gasteiger partial charge in [-0.05, 0) is 34.6 Å². The molecule has 2 aromatic heterocycles. The second-order valence-electron chi connectivity index (χ2n) is 2.85. The molecule has 0 bridgehead atoms. The van der Waals surface area contributed by atoms with Crippen molar-refractivity contribution in [2.45, 2.75) is 17.0 Å². The van der Waals surface area contributed by atoms with Crippen molar-refractivity contribution in [1.29, 1.82) is 0 Å². The topological polar surface area (TPSA) is 80.5 Å². The molecule has 0 spiro atoms. The van der Waals surface area contributed by atoms with Crippen LogP contribution in [0.2, 0.25) is 0 Å². The van der Waals surface area contributed by atoms with Crippen molar-refractivity contribution in [1.82, 2.24) is 20.2 Å². The molecule has 0 unspecified atom stereocenters. The molecule has 15 heavy (non-hydrogen) atoms. The van der Waals surface area contributed by atoms with Crippen LogP contribution in [0.4, 0.5) is 5.69 Å². The number of rotatable bonds is 2. The van der Waals surface area contributed by atoms with Crippen LogP contribution in [-0.4, -0.2) is 20.2 Å². The number of anilines is 1. The highest BCUT2D eigenvalue weighted by Crippen LogP contribution is 2.35. The zero-order chi connectivity index (χ0) is 10.8. The minimum absolute atomic E-state index is 0.608. The highest BCUT2D eigenvalue weighted by molar-refractivity contribution is 9.10. The summed E-state index contributed by atoms with van der Waals surface area (Å²) < 4.78 is 0.843. The van der Waals surface area contributed by atoms with Gasteiger partial charge in [0.2, 0.25) is 5.16 Å². The van der Waals surface area contributed by atoms with Crippen molar-refractivity contribution >= 4 is 33.4 Å². The lowest BCUT2D eigenvalue weighted by atomic mass is 10.4. The van der Waals surface area contributed by atoms with E-state index in [0.29, 0.717) is 10.8 Å². The number of nitrogens with one attached hydrogen (secondary N) is 1. The summed E-state index contributed by atoms with van der Waals surface area (Å²) in [7, 11) is 0. The SMILES string of the molecule is Cc1nc(Sc2c(N)cncc2Br)n[nH]1. The van der Waals surface area contributed by atoms with Gasteiger partial charge in [-0.15, -0.1) is 5.10 Å². The van der Waals surface area contributed by atoms with Gasteiger partial charge in [-0.1, -0.05) is 0 Å². The summed E-state index contributed by atoms with van der Waals surface area (Å²) in [5, 5.41) is 7.44. The molecule has 3 N–H and O–H groups in total. The zero-order valence-electron chi connectivity index (χ0n) is 7.86. The molecule has 5 nitrogen and oxygen atoms in total. The molecular formula is C8H8BrN5S. The Hall–Kier alpha value is -1.08. The van der Waals surface area contributed by atoms with Crippen molar-refractivity contribution in [3.05, 3.63) is 22.7 Å². The van der Waals surface area contributed by atoms with Crippen LogP contribution in [0.3, 0.4) is 0 Å². The molecule has 0 saturated heterocycles. The Labute approximate surface area is 99.0 Å². The van der Waals surface area contributed by atoms with Crippen molar-refractivity contribution in [2.75, 3.05) is 5.73 Å². The number of H-pyrrole nitrogens is 1. The van der Waals surface area contributed by atoms with Crippen molar-refractivity contribution < 1.29 is 0 Å². The van der Waals surface area contributed by atoms with Gasteiger partial charge in [-0.2, -0.15) is 0 Å². The maximum Gasteiger partial charge on any atom is 0.213 e. The summed E-state index contributed by atoms with van der Waals surface area (Å²) in [6.45, 7) is 1.85. The van der Waals surface area contributed by atoms with Crippen LogP contribution in [-0.2, 0) is 0 Å². The first kappa shape index (κ1) is 10.4. The maximum absolute atomic E-state index is 5.80. The van der Waals surface area contributed by atoms with Crippen LogP contribution in [0.25, 0.3) is 0 Å². The van der Waals surface area contributed by atoms with Gasteiger partial charge in [0.1, 0.15) is 5.82 Å². The molecule has 2 aromatic rings. The fraction of sp³-hybridized carbons (Fsp3) is 0.125. The van der Waals surface area contributed by atoms with Gasteiger partial charge in [0.05, 0.1) is 21.3 Å². The number of hydrogen-bond acceptors (Lipinski definition) is 5.